The number of hydrogen-bond acceptors (Lipinski definition) is 4. The van der Waals surface area contributed by atoms with E-state index in [-0.39, 0.29) is 5.54 Å². The average molecular weight is 394 g/mol. The van der Waals surface area contributed by atoms with E-state index in [2.05, 4.69) is 13.8 Å². The number of nitrogens with two attached hydrogens (primary N) is 1. The molecule has 0 saturated heterocycles. The van der Waals surface area contributed by atoms with E-state index in [0.29, 0.717) is 18.0 Å². The molecule has 0 amide bonds. The van der Waals surface area contributed by atoms with Crippen LogP contribution < -0.4 is 5.73 Å². The minimum absolute atomic E-state index is 0.388. The lowest BCUT2D eigenvalue weighted by atomic mass is 9.87. The van der Waals surface area contributed by atoms with Gasteiger partial charge in [0.05, 0.1) is 22.6 Å². The summed E-state index contributed by atoms with van der Waals surface area (Å²) in [4.78, 5) is 5.02. The maximum atomic E-state index is 8.78. The predicted molar refractivity (Wildman–Crippen MR) is 123 cm³/mol. The van der Waals surface area contributed by atoms with Crippen molar-refractivity contribution >= 4 is 11.4 Å². The van der Waals surface area contributed by atoms with Crippen LogP contribution in [0.25, 0.3) is 0 Å². The summed E-state index contributed by atoms with van der Waals surface area (Å²) >= 11 is 0. The van der Waals surface area contributed by atoms with Crippen LogP contribution in [-0.2, 0) is 4.74 Å². The molecule has 0 aliphatic carbocycles. The quantitative estimate of drug-likeness (QED) is 0.572. The Bertz CT molecular complexity index is 831. The number of aliphatic imine (C=N–C) groups is 1. The van der Waals surface area contributed by atoms with Crippen molar-refractivity contribution in [3.05, 3.63) is 71.8 Å². The van der Waals surface area contributed by atoms with Gasteiger partial charge in [0.2, 0.25) is 0 Å². The van der Waals surface area contributed by atoms with Gasteiger partial charge in [-0.2, -0.15) is 0 Å². The van der Waals surface area contributed by atoms with Crippen LogP contribution in [0.4, 0.5) is 0 Å². The number of benzene rings is 2. The topological polar surface area (TPSA) is 71.5 Å². The first-order valence-corrected chi connectivity index (χ1v) is 10.2. The molecular weight excluding hydrogens is 358 g/mol. The van der Waals surface area contributed by atoms with Crippen LogP contribution in [0.1, 0.15) is 59.1 Å². The third-order valence-electron chi connectivity index (χ3n) is 5.49. The molecule has 2 rings (SSSR count). The number of nitrogens with one attached hydrogen (secondary N) is 1. The lowest BCUT2D eigenvalue weighted by Gasteiger charge is -2.39. The molecule has 0 aliphatic heterocycles. The summed E-state index contributed by atoms with van der Waals surface area (Å²) in [7, 11) is 0. The standard InChI is InChI=1S/C25H35N3O/c1-23(2,17-18-29-25(5,6)24(3,4)27)28-22(20-15-11-8-12-16-20)21(26)19-13-9-7-10-14-19/h7-16,26H,17-18,27H2,1-6H3/b26-21?,28-22+. The molecule has 156 valence electrons. The predicted octanol–water partition coefficient (Wildman–Crippen LogP) is 5.24. The molecular formula is C25H35N3O. The second kappa shape index (κ2) is 9.02. The highest BCUT2D eigenvalue weighted by molar-refractivity contribution is 6.52. The highest BCUT2D eigenvalue weighted by atomic mass is 16.5. The largest absolute Gasteiger partial charge is 0.374 e. The Morgan fingerprint density at radius 3 is 1.83 bits per heavy atom. The molecule has 2 aromatic carbocycles. The number of rotatable bonds is 9. The summed E-state index contributed by atoms with van der Waals surface area (Å²) in [5.74, 6) is 0. The summed E-state index contributed by atoms with van der Waals surface area (Å²) in [6.07, 6.45) is 0.727. The molecule has 29 heavy (non-hydrogen) atoms. The second-order valence-electron chi connectivity index (χ2n) is 9.21. The van der Waals surface area contributed by atoms with Gasteiger partial charge < -0.3 is 10.5 Å². The first-order valence-electron chi connectivity index (χ1n) is 10.2. The first kappa shape index (κ1) is 23.0. The van der Waals surface area contributed by atoms with E-state index >= 15 is 0 Å². The van der Waals surface area contributed by atoms with Crippen LogP contribution in [0, 0.1) is 5.41 Å². The van der Waals surface area contributed by atoms with Crippen molar-refractivity contribution in [1.29, 1.82) is 5.41 Å². The van der Waals surface area contributed by atoms with Crippen LogP contribution in [0.2, 0.25) is 0 Å². The van der Waals surface area contributed by atoms with Crippen molar-refractivity contribution in [1.82, 2.24) is 0 Å². The summed E-state index contributed by atoms with van der Waals surface area (Å²) in [6, 6.07) is 19.7. The molecule has 4 heteroatoms. The molecule has 0 spiro atoms. The summed E-state index contributed by atoms with van der Waals surface area (Å²) in [5, 5.41) is 8.78. The van der Waals surface area contributed by atoms with E-state index in [1.807, 2.05) is 88.4 Å². The van der Waals surface area contributed by atoms with Gasteiger partial charge in [-0.1, -0.05) is 60.7 Å². The fraction of sp³-hybridized carbons (Fsp3) is 0.440. The monoisotopic (exact) mass is 393 g/mol. The van der Waals surface area contributed by atoms with Crippen LogP contribution >= 0.6 is 0 Å². The fourth-order valence-corrected chi connectivity index (χ4v) is 2.70. The van der Waals surface area contributed by atoms with Crippen LogP contribution in [0.3, 0.4) is 0 Å². The van der Waals surface area contributed by atoms with Gasteiger partial charge >= 0.3 is 0 Å². The van der Waals surface area contributed by atoms with Gasteiger partial charge in [-0.25, -0.2) is 0 Å². The highest BCUT2D eigenvalue weighted by Crippen LogP contribution is 2.25. The van der Waals surface area contributed by atoms with Crippen molar-refractivity contribution in [2.75, 3.05) is 6.61 Å². The molecule has 3 N–H and O–H groups in total. The van der Waals surface area contributed by atoms with Crippen molar-refractivity contribution < 1.29 is 4.74 Å². The number of ether oxygens (including phenoxy) is 1. The molecule has 0 saturated carbocycles. The number of nitrogens with zero attached hydrogens (tertiary/aromatic N) is 1. The summed E-state index contributed by atoms with van der Waals surface area (Å²) in [6.45, 7) is 12.7. The van der Waals surface area contributed by atoms with E-state index in [1.54, 1.807) is 0 Å². The summed E-state index contributed by atoms with van der Waals surface area (Å²) < 4.78 is 6.11. The Labute approximate surface area is 175 Å². The Kier molecular flexibility index (Phi) is 7.15. The zero-order chi connectivity index (χ0) is 21.7. The normalized spacial score (nSPS) is 13.4. The van der Waals surface area contributed by atoms with Crippen LogP contribution in [0.15, 0.2) is 65.7 Å². The van der Waals surface area contributed by atoms with Gasteiger partial charge in [0.15, 0.2) is 0 Å². The minimum atomic E-state index is -0.439. The van der Waals surface area contributed by atoms with Crippen molar-refractivity contribution in [3.8, 4) is 0 Å². The smallest absolute Gasteiger partial charge is 0.0908 e. The van der Waals surface area contributed by atoms with Crippen molar-refractivity contribution in [3.63, 3.8) is 0 Å². The van der Waals surface area contributed by atoms with Gasteiger partial charge in [-0.3, -0.25) is 10.4 Å². The molecule has 0 unspecified atom stereocenters. The average Bonchev–Trinajstić information content (AvgIpc) is 2.66. The lowest BCUT2D eigenvalue weighted by molar-refractivity contribution is -0.0661. The van der Waals surface area contributed by atoms with Crippen LogP contribution in [0.5, 0.6) is 0 Å². The second-order valence-corrected chi connectivity index (χ2v) is 9.21. The van der Waals surface area contributed by atoms with Crippen molar-refractivity contribution in [2.45, 2.75) is 64.6 Å². The Hall–Kier alpha value is -2.30. The Morgan fingerprint density at radius 2 is 1.34 bits per heavy atom. The molecule has 0 radical (unpaired) electrons. The summed E-state index contributed by atoms with van der Waals surface area (Å²) in [5.41, 5.74) is 7.90. The maximum absolute atomic E-state index is 8.78. The van der Waals surface area contributed by atoms with Crippen molar-refractivity contribution in [2.24, 2.45) is 10.7 Å². The zero-order valence-electron chi connectivity index (χ0n) is 18.6. The van der Waals surface area contributed by atoms with Gasteiger partial charge in [0, 0.05) is 23.3 Å². The minimum Gasteiger partial charge on any atom is -0.374 e. The zero-order valence-corrected chi connectivity index (χ0v) is 18.6. The van der Waals surface area contributed by atoms with E-state index in [1.165, 1.54) is 0 Å². The molecule has 0 heterocycles. The first-order chi connectivity index (χ1) is 13.4. The third kappa shape index (κ3) is 6.34. The molecule has 0 aliphatic rings. The molecule has 2 aromatic rings. The molecule has 0 aromatic heterocycles. The van der Waals surface area contributed by atoms with Gasteiger partial charge in [-0.05, 0) is 48.0 Å². The van der Waals surface area contributed by atoms with E-state index in [0.717, 1.165) is 17.5 Å². The Balaban J connectivity index is 2.26. The molecule has 4 nitrogen and oxygen atoms in total. The molecule has 0 fully saturated rings. The van der Waals surface area contributed by atoms with Gasteiger partial charge in [0.1, 0.15) is 0 Å². The Morgan fingerprint density at radius 1 is 0.862 bits per heavy atom. The third-order valence-corrected chi connectivity index (χ3v) is 5.49. The van der Waals surface area contributed by atoms with E-state index in [9.17, 15) is 0 Å². The lowest BCUT2D eigenvalue weighted by Crippen LogP contribution is -2.54. The SMILES string of the molecule is CC(C)(CCOC(C)(C)C(C)(C)N)/N=C(/C(=N)c1ccccc1)c1ccccc1. The maximum Gasteiger partial charge on any atom is 0.0908 e. The highest BCUT2D eigenvalue weighted by Gasteiger charge is 2.34. The molecule has 0 atom stereocenters. The molecule has 0 bridgehead atoms. The number of hydrogen-bond donors (Lipinski definition) is 2. The fourth-order valence-electron chi connectivity index (χ4n) is 2.70. The van der Waals surface area contributed by atoms with Crippen LogP contribution in [-0.4, -0.2) is 34.7 Å². The van der Waals surface area contributed by atoms with Gasteiger partial charge in [0.25, 0.3) is 0 Å². The van der Waals surface area contributed by atoms with E-state index < -0.39 is 11.1 Å². The van der Waals surface area contributed by atoms with E-state index in [4.69, 9.17) is 20.9 Å². The van der Waals surface area contributed by atoms with Gasteiger partial charge in [-0.15, -0.1) is 0 Å².